The Hall–Kier alpha value is -3.63. The number of hydrogen-bond donors (Lipinski definition) is 1. The predicted octanol–water partition coefficient (Wildman–Crippen LogP) is 5.15. The van der Waals surface area contributed by atoms with Crippen molar-refractivity contribution in [1.29, 1.82) is 5.26 Å². The summed E-state index contributed by atoms with van der Waals surface area (Å²) in [6.07, 6.45) is 1.50. The first kappa shape index (κ1) is 21.1. The van der Waals surface area contributed by atoms with Gasteiger partial charge in [-0.2, -0.15) is 5.26 Å². The van der Waals surface area contributed by atoms with Crippen LogP contribution in [0, 0.1) is 11.3 Å². The van der Waals surface area contributed by atoms with Crippen molar-refractivity contribution in [3.8, 4) is 28.8 Å². The Morgan fingerprint density at radius 3 is 2.63 bits per heavy atom. The van der Waals surface area contributed by atoms with Crippen molar-refractivity contribution in [1.82, 2.24) is 4.98 Å². The number of nitriles is 1. The van der Waals surface area contributed by atoms with Crippen molar-refractivity contribution in [3.63, 3.8) is 0 Å². The second-order valence-electron chi connectivity index (χ2n) is 6.09. The van der Waals surface area contributed by atoms with Crippen molar-refractivity contribution in [2.75, 3.05) is 18.5 Å². The van der Waals surface area contributed by atoms with E-state index in [1.54, 1.807) is 18.2 Å². The molecular weight excluding hydrogens is 398 g/mol. The molecule has 0 saturated heterocycles. The van der Waals surface area contributed by atoms with Gasteiger partial charge in [-0.3, -0.25) is 10.1 Å². The molecule has 1 amide bonds. The van der Waals surface area contributed by atoms with Gasteiger partial charge in [0, 0.05) is 22.6 Å². The zero-order chi connectivity index (χ0) is 21.3. The van der Waals surface area contributed by atoms with E-state index in [1.807, 2.05) is 55.6 Å². The molecule has 1 N–H and O–H groups in total. The molecule has 6 nitrogen and oxygen atoms in total. The molecule has 2 aromatic carbocycles. The molecule has 0 aliphatic carbocycles. The SMILES string of the molecule is CCOc1ccc(C=C(C#N)C(=O)Nc2nc(-c3ccccc3)cs2)c(OCC)c1. The fourth-order valence-electron chi connectivity index (χ4n) is 2.71. The monoisotopic (exact) mass is 419 g/mol. The number of anilines is 1. The van der Waals surface area contributed by atoms with E-state index in [1.165, 1.54) is 17.4 Å². The van der Waals surface area contributed by atoms with Crippen molar-refractivity contribution in [3.05, 3.63) is 65.0 Å². The van der Waals surface area contributed by atoms with Crippen molar-refractivity contribution < 1.29 is 14.3 Å². The van der Waals surface area contributed by atoms with Crippen LogP contribution in [0.15, 0.2) is 59.5 Å². The predicted molar refractivity (Wildman–Crippen MR) is 119 cm³/mol. The smallest absolute Gasteiger partial charge is 0.268 e. The molecule has 0 unspecified atom stereocenters. The highest BCUT2D eigenvalue weighted by Gasteiger charge is 2.14. The molecule has 152 valence electrons. The van der Waals surface area contributed by atoms with E-state index in [4.69, 9.17) is 9.47 Å². The Morgan fingerprint density at radius 2 is 1.93 bits per heavy atom. The van der Waals surface area contributed by atoms with Gasteiger partial charge in [0.1, 0.15) is 23.1 Å². The number of aromatic nitrogens is 1. The topological polar surface area (TPSA) is 84.2 Å². The van der Waals surface area contributed by atoms with Crippen LogP contribution in [0.4, 0.5) is 5.13 Å². The summed E-state index contributed by atoms with van der Waals surface area (Å²) in [4.78, 5) is 17.1. The molecule has 30 heavy (non-hydrogen) atoms. The Morgan fingerprint density at radius 1 is 1.17 bits per heavy atom. The van der Waals surface area contributed by atoms with Crippen molar-refractivity contribution in [2.45, 2.75) is 13.8 Å². The van der Waals surface area contributed by atoms with E-state index in [2.05, 4.69) is 10.3 Å². The molecule has 0 radical (unpaired) electrons. The Kier molecular flexibility index (Phi) is 7.19. The largest absolute Gasteiger partial charge is 0.494 e. The average molecular weight is 420 g/mol. The zero-order valence-electron chi connectivity index (χ0n) is 16.7. The summed E-state index contributed by atoms with van der Waals surface area (Å²) >= 11 is 1.30. The summed E-state index contributed by atoms with van der Waals surface area (Å²) in [6, 6.07) is 16.9. The highest BCUT2D eigenvalue weighted by Crippen LogP contribution is 2.28. The molecule has 0 spiro atoms. The summed E-state index contributed by atoms with van der Waals surface area (Å²) in [6.45, 7) is 4.75. The lowest BCUT2D eigenvalue weighted by Gasteiger charge is -2.10. The van der Waals surface area contributed by atoms with Gasteiger partial charge in [-0.05, 0) is 32.1 Å². The maximum Gasteiger partial charge on any atom is 0.268 e. The van der Waals surface area contributed by atoms with Crippen LogP contribution in [0.3, 0.4) is 0 Å². The molecule has 0 saturated carbocycles. The van der Waals surface area contributed by atoms with Crippen LogP contribution in [0.2, 0.25) is 0 Å². The highest BCUT2D eigenvalue weighted by atomic mass is 32.1. The first-order valence-electron chi connectivity index (χ1n) is 9.48. The normalized spacial score (nSPS) is 10.9. The maximum absolute atomic E-state index is 12.6. The molecule has 0 fully saturated rings. The number of thiazole rings is 1. The van der Waals surface area contributed by atoms with Crippen molar-refractivity contribution >= 4 is 28.5 Å². The van der Waals surface area contributed by atoms with E-state index in [-0.39, 0.29) is 5.57 Å². The number of nitrogens with zero attached hydrogens (tertiary/aromatic N) is 2. The fourth-order valence-corrected chi connectivity index (χ4v) is 3.43. The van der Waals surface area contributed by atoms with Gasteiger partial charge in [0.05, 0.1) is 18.9 Å². The number of carbonyl (C=O) groups is 1. The van der Waals surface area contributed by atoms with E-state index in [0.717, 1.165) is 11.3 Å². The van der Waals surface area contributed by atoms with E-state index in [9.17, 15) is 10.1 Å². The molecule has 1 aromatic heterocycles. The number of benzene rings is 2. The minimum atomic E-state index is -0.525. The van der Waals surface area contributed by atoms with Gasteiger partial charge >= 0.3 is 0 Å². The molecule has 7 heteroatoms. The Labute approximate surface area is 179 Å². The fraction of sp³-hybridized carbons (Fsp3) is 0.174. The van der Waals surface area contributed by atoms with Crippen molar-refractivity contribution in [2.24, 2.45) is 0 Å². The summed E-state index contributed by atoms with van der Waals surface area (Å²) in [5.41, 5.74) is 2.30. The minimum Gasteiger partial charge on any atom is -0.494 e. The van der Waals surface area contributed by atoms with Gasteiger partial charge in [-0.1, -0.05) is 30.3 Å². The first-order chi connectivity index (χ1) is 14.6. The van der Waals surface area contributed by atoms with Crippen LogP contribution in [-0.4, -0.2) is 24.1 Å². The van der Waals surface area contributed by atoms with Gasteiger partial charge in [-0.15, -0.1) is 11.3 Å². The standard InChI is InChI=1S/C23H21N3O3S/c1-3-28-19-11-10-17(21(13-19)29-4-2)12-18(14-24)22(27)26-23-25-20(15-30-23)16-8-6-5-7-9-16/h5-13,15H,3-4H2,1-2H3,(H,25,26,27). The lowest BCUT2D eigenvalue weighted by Crippen LogP contribution is -2.13. The second kappa shape index (κ2) is 10.2. The molecule has 1 heterocycles. The van der Waals surface area contributed by atoms with E-state index < -0.39 is 5.91 Å². The summed E-state index contributed by atoms with van der Waals surface area (Å²) in [5, 5.41) is 14.5. The first-order valence-corrected chi connectivity index (χ1v) is 10.4. The summed E-state index contributed by atoms with van der Waals surface area (Å²) in [5.74, 6) is 0.685. The molecule has 0 aliphatic rings. The van der Waals surface area contributed by atoms with Crippen LogP contribution in [0.5, 0.6) is 11.5 Å². The minimum absolute atomic E-state index is 0.0448. The number of hydrogen-bond acceptors (Lipinski definition) is 6. The van der Waals surface area contributed by atoms with Gasteiger partial charge in [0.2, 0.25) is 0 Å². The van der Waals surface area contributed by atoms with Gasteiger partial charge < -0.3 is 9.47 Å². The van der Waals surface area contributed by atoms with E-state index >= 15 is 0 Å². The molecule has 0 aliphatic heterocycles. The number of amides is 1. The number of ether oxygens (including phenoxy) is 2. The molecule has 0 bridgehead atoms. The Bertz CT molecular complexity index is 1080. The summed E-state index contributed by atoms with van der Waals surface area (Å²) in [7, 11) is 0. The Balaban J connectivity index is 1.80. The number of rotatable bonds is 8. The van der Waals surface area contributed by atoms with Gasteiger partial charge in [0.25, 0.3) is 5.91 Å². The highest BCUT2D eigenvalue weighted by molar-refractivity contribution is 7.14. The van der Waals surface area contributed by atoms with Crippen LogP contribution >= 0.6 is 11.3 Å². The molecular formula is C23H21N3O3S. The average Bonchev–Trinajstić information content (AvgIpc) is 3.22. The van der Waals surface area contributed by atoms with Gasteiger partial charge in [0.15, 0.2) is 5.13 Å². The lowest BCUT2D eigenvalue weighted by atomic mass is 10.1. The molecule has 3 aromatic rings. The third-order valence-electron chi connectivity index (χ3n) is 4.05. The van der Waals surface area contributed by atoms with E-state index in [0.29, 0.717) is 35.4 Å². The van der Waals surface area contributed by atoms with Crippen LogP contribution in [0.1, 0.15) is 19.4 Å². The van der Waals surface area contributed by atoms with Crippen LogP contribution < -0.4 is 14.8 Å². The quantitative estimate of drug-likeness (QED) is 0.403. The molecule has 0 atom stereocenters. The zero-order valence-corrected chi connectivity index (χ0v) is 17.5. The number of nitrogens with one attached hydrogen (secondary N) is 1. The van der Waals surface area contributed by atoms with Crippen LogP contribution in [0.25, 0.3) is 17.3 Å². The lowest BCUT2D eigenvalue weighted by molar-refractivity contribution is -0.112. The third-order valence-corrected chi connectivity index (χ3v) is 4.81. The van der Waals surface area contributed by atoms with Crippen LogP contribution in [-0.2, 0) is 4.79 Å². The third kappa shape index (κ3) is 5.25. The van der Waals surface area contributed by atoms with Gasteiger partial charge in [-0.25, -0.2) is 4.98 Å². The second-order valence-corrected chi connectivity index (χ2v) is 6.95. The molecule has 3 rings (SSSR count). The maximum atomic E-state index is 12.6. The number of carbonyl (C=O) groups excluding carboxylic acids is 1. The summed E-state index contributed by atoms with van der Waals surface area (Å²) < 4.78 is 11.1.